The van der Waals surface area contributed by atoms with Crippen LogP contribution in [0.4, 0.5) is 9.59 Å². The number of ether oxygens (including phenoxy) is 3. The molecule has 6 nitrogen and oxygen atoms in total. The molecule has 0 spiro atoms. The summed E-state index contributed by atoms with van der Waals surface area (Å²) < 4.78 is 15.0. The van der Waals surface area contributed by atoms with E-state index in [1.54, 1.807) is 20.8 Å². The van der Waals surface area contributed by atoms with E-state index in [4.69, 9.17) is 14.2 Å². The van der Waals surface area contributed by atoms with Gasteiger partial charge in [-0.3, -0.25) is 4.90 Å². The smallest absolute Gasteiger partial charge is 0.450 e. The van der Waals surface area contributed by atoms with Crippen molar-refractivity contribution in [3.8, 4) is 0 Å². The molecule has 0 aromatic carbocycles. The molecule has 104 valence electrons. The van der Waals surface area contributed by atoms with Crippen molar-refractivity contribution >= 4 is 12.2 Å². The Morgan fingerprint density at radius 2 is 1.83 bits per heavy atom. The zero-order valence-corrected chi connectivity index (χ0v) is 11.2. The molecular weight excluding hydrogens is 238 g/mol. The Bertz CT molecular complexity index is 307. The highest BCUT2D eigenvalue weighted by Crippen LogP contribution is 2.30. The lowest BCUT2D eigenvalue weighted by atomic mass is 10.0. The van der Waals surface area contributed by atoms with Gasteiger partial charge in [-0.25, -0.2) is 9.59 Å². The van der Waals surface area contributed by atoms with Gasteiger partial charge in [0.25, 0.3) is 0 Å². The first-order valence-electron chi connectivity index (χ1n) is 6.33. The van der Waals surface area contributed by atoms with Crippen LogP contribution in [0.25, 0.3) is 0 Å². The Morgan fingerprint density at radius 1 is 1.17 bits per heavy atom. The number of amides is 1. The standard InChI is InChI=1S/C12H21NO5/c1-4-16-10(14)13-9-7-6-8-12(13,3)18-11(15)17-5-2/h4-9H2,1-3H3. The summed E-state index contributed by atoms with van der Waals surface area (Å²) in [5.41, 5.74) is -0.975. The summed E-state index contributed by atoms with van der Waals surface area (Å²) in [7, 11) is 0. The van der Waals surface area contributed by atoms with Gasteiger partial charge in [-0.2, -0.15) is 0 Å². The number of carbonyl (C=O) groups is 2. The molecule has 1 saturated heterocycles. The van der Waals surface area contributed by atoms with Crippen molar-refractivity contribution in [3.63, 3.8) is 0 Å². The number of hydrogen-bond donors (Lipinski definition) is 0. The van der Waals surface area contributed by atoms with E-state index in [0.717, 1.165) is 12.8 Å². The van der Waals surface area contributed by atoms with E-state index < -0.39 is 18.0 Å². The lowest BCUT2D eigenvalue weighted by Gasteiger charge is -2.42. The topological polar surface area (TPSA) is 65.1 Å². The number of hydrogen-bond acceptors (Lipinski definition) is 5. The molecule has 1 heterocycles. The third kappa shape index (κ3) is 3.51. The molecule has 0 aromatic rings. The Labute approximate surface area is 107 Å². The molecule has 0 radical (unpaired) electrons. The first-order valence-corrected chi connectivity index (χ1v) is 6.33. The molecular formula is C12H21NO5. The summed E-state index contributed by atoms with van der Waals surface area (Å²) in [6.45, 7) is 6.22. The molecule has 1 atom stereocenters. The average molecular weight is 259 g/mol. The molecule has 0 aromatic heterocycles. The van der Waals surface area contributed by atoms with E-state index in [1.165, 1.54) is 4.90 Å². The minimum Gasteiger partial charge on any atom is -0.450 e. The monoisotopic (exact) mass is 259 g/mol. The summed E-state index contributed by atoms with van der Waals surface area (Å²) in [5, 5.41) is 0. The first-order chi connectivity index (χ1) is 8.53. The fourth-order valence-corrected chi connectivity index (χ4v) is 2.01. The lowest BCUT2D eigenvalue weighted by molar-refractivity contribution is -0.127. The van der Waals surface area contributed by atoms with Crippen molar-refractivity contribution < 1.29 is 23.8 Å². The fourth-order valence-electron chi connectivity index (χ4n) is 2.01. The molecule has 0 N–H and O–H groups in total. The number of piperidine rings is 1. The Morgan fingerprint density at radius 3 is 2.44 bits per heavy atom. The number of likely N-dealkylation sites (tertiary alicyclic amines) is 1. The molecule has 0 aliphatic carbocycles. The SMILES string of the molecule is CCOC(=O)OC1(C)CCCCN1C(=O)OCC. The Hall–Kier alpha value is -1.46. The normalized spacial score (nSPS) is 23.4. The predicted octanol–water partition coefficient (Wildman–Crippen LogP) is 2.52. The van der Waals surface area contributed by atoms with Crippen LogP contribution in [0.5, 0.6) is 0 Å². The van der Waals surface area contributed by atoms with Gasteiger partial charge in [0.05, 0.1) is 13.2 Å². The summed E-state index contributed by atoms with van der Waals surface area (Å²) in [6.07, 6.45) is 1.15. The van der Waals surface area contributed by atoms with Crippen molar-refractivity contribution in [1.82, 2.24) is 4.90 Å². The third-order valence-corrected chi connectivity index (χ3v) is 2.90. The van der Waals surface area contributed by atoms with Crippen molar-refractivity contribution in [2.24, 2.45) is 0 Å². The third-order valence-electron chi connectivity index (χ3n) is 2.90. The number of nitrogens with zero attached hydrogens (tertiary/aromatic N) is 1. The number of carbonyl (C=O) groups excluding carboxylic acids is 2. The van der Waals surface area contributed by atoms with E-state index in [2.05, 4.69) is 0 Å². The van der Waals surface area contributed by atoms with Crippen molar-refractivity contribution in [2.75, 3.05) is 19.8 Å². The van der Waals surface area contributed by atoms with E-state index in [9.17, 15) is 9.59 Å². The Balaban J connectivity index is 2.72. The molecule has 1 fully saturated rings. The Kier molecular flexibility index (Phi) is 5.25. The highest BCUT2D eigenvalue weighted by atomic mass is 16.7. The quantitative estimate of drug-likeness (QED) is 0.729. The van der Waals surface area contributed by atoms with Crippen LogP contribution >= 0.6 is 0 Å². The van der Waals surface area contributed by atoms with E-state index in [0.29, 0.717) is 19.6 Å². The van der Waals surface area contributed by atoms with Gasteiger partial charge in [0, 0.05) is 13.0 Å². The first kappa shape index (κ1) is 14.6. The van der Waals surface area contributed by atoms with Gasteiger partial charge in [-0.05, 0) is 33.6 Å². The summed E-state index contributed by atoms with van der Waals surface area (Å²) in [6, 6.07) is 0. The van der Waals surface area contributed by atoms with Crippen LogP contribution in [0.3, 0.4) is 0 Å². The van der Waals surface area contributed by atoms with Gasteiger partial charge in [0.1, 0.15) is 0 Å². The average Bonchev–Trinajstić information content (AvgIpc) is 2.29. The largest absolute Gasteiger partial charge is 0.510 e. The molecule has 1 aliphatic heterocycles. The highest BCUT2D eigenvalue weighted by molar-refractivity contribution is 5.69. The van der Waals surface area contributed by atoms with Gasteiger partial charge in [0.2, 0.25) is 0 Å². The van der Waals surface area contributed by atoms with Crippen molar-refractivity contribution in [1.29, 1.82) is 0 Å². The second kappa shape index (κ2) is 6.47. The highest BCUT2D eigenvalue weighted by Gasteiger charge is 2.42. The van der Waals surface area contributed by atoms with Gasteiger partial charge in [0.15, 0.2) is 5.72 Å². The molecule has 0 bridgehead atoms. The van der Waals surface area contributed by atoms with Crippen LogP contribution in [0, 0.1) is 0 Å². The lowest BCUT2D eigenvalue weighted by Crippen LogP contribution is -2.55. The molecule has 18 heavy (non-hydrogen) atoms. The van der Waals surface area contributed by atoms with Crippen LogP contribution in [-0.2, 0) is 14.2 Å². The van der Waals surface area contributed by atoms with Crippen molar-refractivity contribution in [2.45, 2.75) is 45.8 Å². The van der Waals surface area contributed by atoms with Crippen LogP contribution in [0.1, 0.15) is 40.0 Å². The maximum atomic E-state index is 11.8. The minimum atomic E-state index is -0.975. The van der Waals surface area contributed by atoms with Crippen LogP contribution < -0.4 is 0 Å². The maximum Gasteiger partial charge on any atom is 0.510 e. The van der Waals surface area contributed by atoms with Crippen molar-refractivity contribution in [3.05, 3.63) is 0 Å². The van der Waals surface area contributed by atoms with Gasteiger partial charge in [-0.15, -0.1) is 0 Å². The zero-order valence-electron chi connectivity index (χ0n) is 11.2. The second-order valence-electron chi connectivity index (χ2n) is 4.27. The predicted molar refractivity (Wildman–Crippen MR) is 64.1 cm³/mol. The molecule has 1 aliphatic rings. The maximum absolute atomic E-state index is 11.8. The molecule has 1 unspecified atom stereocenters. The van der Waals surface area contributed by atoms with Gasteiger partial charge < -0.3 is 14.2 Å². The van der Waals surface area contributed by atoms with Crippen LogP contribution in [0.2, 0.25) is 0 Å². The number of rotatable bonds is 3. The van der Waals surface area contributed by atoms with Gasteiger partial charge >= 0.3 is 12.2 Å². The summed E-state index contributed by atoms with van der Waals surface area (Å²) in [4.78, 5) is 24.7. The summed E-state index contributed by atoms with van der Waals surface area (Å²) >= 11 is 0. The molecule has 0 saturated carbocycles. The minimum absolute atomic E-state index is 0.244. The molecule has 6 heteroatoms. The van der Waals surface area contributed by atoms with E-state index in [1.807, 2.05) is 0 Å². The van der Waals surface area contributed by atoms with E-state index >= 15 is 0 Å². The van der Waals surface area contributed by atoms with Crippen LogP contribution in [0.15, 0.2) is 0 Å². The molecule has 1 rings (SSSR count). The van der Waals surface area contributed by atoms with Gasteiger partial charge in [-0.1, -0.05) is 0 Å². The summed E-state index contributed by atoms with van der Waals surface area (Å²) in [5.74, 6) is 0. The zero-order chi connectivity index (χ0) is 13.6. The molecule has 1 amide bonds. The van der Waals surface area contributed by atoms with Crippen LogP contribution in [-0.4, -0.2) is 42.6 Å². The van der Waals surface area contributed by atoms with E-state index in [-0.39, 0.29) is 6.61 Å². The fraction of sp³-hybridized carbons (Fsp3) is 0.833. The second-order valence-corrected chi connectivity index (χ2v) is 4.27.